The number of carboxylic acid groups (broad SMARTS) is 2. The minimum atomic E-state index is -2.29. The molecule has 0 saturated heterocycles. The van der Waals surface area contributed by atoms with Crippen molar-refractivity contribution in [1.82, 2.24) is 0 Å². The van der Waals surface area contributed by atoms with Crippen molar-refractivity contribution in [3.63, 3.8) is 0 Å². The van der Waals surface area contributed by atoms with E-state index in [0.717, 1.165) is 10.4 Å². The van der Waals surface area contributed by atoms with E-state index < -0.39 is 28.1 Å². The summed E-state index contributed by atoms with van der Waals surface area (Å²) in [6.45, 7) is 15.2. The molecule has 0 aliphatic heterocycles. The van der Waals surface area contributed by atoms with Gasteiger partial charge in [-0.1, -0.05) is 74.0 Å². The molecule has 6 heteroatoms. The number of benzene rings is 1. The van der Waals surface area contributed by atoms with Gasteiger partial charge in [0.05, 0.1) is 0 Å². The Bertz CT molecular complexity index is 586. The van der Waals surface area contributed by atoms with Crippen LogP contribution in [0.2, 0.25) is 26.2 Å². The minimum absolute atomic E-state index is 0.256. The van der Waals surface area contributed by atoms with E-state index in [0.29, 0.717) is 0 Å². The molecule has 1 aromatic rings. The van der Waals surface area contributed by atoms with Gasteiger partial charge in [0.2, 0.25) is 0 Å². The van der Waals surface area contributed by atoms with Crippen LogP contribution >= 0.6 is 0 Å². The highest BCUT2D eigenvalue weighted by Gasteiger charge is 2.34. The van der Waals surface area contributed by atoms with E-state index in [1.54, 1.807) is 0 Å². The summed E-state index contributed by atoms with van der Waals surface area (Å²) in [4.78, 5) is 22.3. The lowest BCUT2D eigenvalue weighted by atomic mass is 10.4. The fourth-order valence-electron chi connectivity index (χ4n) is 2.19. The molecule has 0 aromatic heterocycles. The van der Waals surface area contributed by atoms with Gasteiger partial charge in [0, 0.05) is 10.4 Å². The van der Waals surface area contributed by atoms with Crippen molar-refractivity contribution in [1.29, 1.82) is 0 Å². The molecule has 1 aromatic carbocycles. The van der Waals surface area contributed by atoms with E-state index in [2.05, 4.69) is 13.2 Å². The van der Waals surface area contributed by atoms with Crippen LogP contribution in [-0.2, 0) is 9.59 Å². The van der Waals surface area contributed by atoms with Gasteiger partial charge in [0.25, 0.3) is 0 Å². The second-order valence-electron chi connectivity index (χ2n) is 6.39. The van der Waals surface area contributed by atoms with Crippen molar-refractivity contribution in [3.05, 3.63) is 47.8 Å². The van der Waals surface area contributed by atoms with E-state index in [1.165, 1.54) is 0 Å². The Morgan fingerprint density at radius 1 is 0.773 bits per heavy atom. The molecule has 22 heavy (non-hydrogen) atoms. The fraction of sp³-hybridized carbons (Fsp3) is 0.250. The fourth-order valence-corrected chi connectivity index (χ4v) is 5.95. The Hall–Kier alpha value is -1.93. The van der Waals surface area contributed by atoms with E-state index in [4.69, 9.17) is 10.2 Å². The second kappa shape index (κ2) is 6.06. The van der Waals surface area contributed by atoms with Crippen molar-refractivity contribution in [2.45, 2.75) is 26.2 Å². The summed E-state index contributed by atoms with van der Waals surface area (Å²) in [5, 5.41) is 20.8. The largest absolute Gasteiger partial charge is 0.478 e. The summed E-state index contributed by atoms with van der Waals surface area (Å²) in [6.07, 6.45) is 0. The molecule has 0 aliphatic rings. The van der Waals surface area contributed by atoms with Crippen LogP contribution in [0.1, 0.15) is 0 Å². The molecule has 0 bridgehead atoms. The Balaban J connectivity index is 3.21. The molecule has 0 spiro atoms. The van der Waals surface area contributed by atoms with Gasteiger partial charge in [0.15, 0.2) is 0 Å². The Labute approximate surface area is 132 Å². The highest BCUT2D eigenvalue weighted by molar-refractivity contribution is 6.99. The third kappa shape index (κ3) is 3.28. The van der Waals surface area contributed by atoms with Crippen molar-refractivity contribution in [3.8, 4) is 0 Å². The molecule has 4 nitrogen and oxygen atoms in total. The molecule has 0 heterocycles. The molecule has 0 fully saturated rings. The second-order valence-corrected chi connectivity index (χ2v) is 15.3. The topological polar surface area (TPSA) is 74.6 Å². The highest BCUT2D eigenvalue weighted by Crippen LogP contribution is 2.16. The van der Waals surface area contributed by atoms with Crippen molar-refractivity contribution in [2.75, 3.05) is 0 Å². The van der Waals surface area contributed by atoms with Gasteiger partial charge in [-0.3, -0.25) is 0 Å². The Kier molecular flexibility index (Phi) is 4.99. The molecule has 1 rings (SSSR count). The minimum Gasteiger partial charge on any atom is -0.478 e. The highest BCUT2D eigenvalue weighted by atomic mass is 28.3. The summed E-state index contributed by atoms with van der Waals surface area (Å²) in [6, 6.07) is 7.61. The van der Waals surface area contributed by atoms with Gasteiger partial charge < -0.3 is 10.2 Å². The van der Waals surface area contributed by atoms with Gasteiger partial charge in [-0.15, -0.1) is 0 Å². The number of hydrogen-bond acceptors (Lipinski definition) is 2. The lowest BCUT2D eigenvalue weighted by Crippen LogP contribution is -2.49. The molecule has 0 unspecified atom stereocenters. The molecule has 2 N–H and O–H groups in total. The first-order valence-electron chi connectivity index (χ1n) is 6.88. The quantitative estimate of drug-likeness (QED) is 0.615. The zero-order valence-corrected chi connectivity index (χ0v) is 15.4. The molecule has 0 atom stereocenters. The van der Waals surface area contributed by atoms with Crippen molar-refractivity contribution >= 4 is 38.5 Å². The summed E-state index contributed by atoms with van der Waals surface area (Å²) < 4.78 is 0. The zero-order chi connectivity index (χ0) is 17.3. The van der Waals surface area contributed by atoms with Crippen molar-refractivity contribution < 1.29 is 19.8 Å². The van der Waals surface area contributed by atoms with Crippen LogP contribution in [0, 0.1) is 0 Å². The third-order valence-corrected chi connectivity index (χ3v) is 11.4. The lowest BCUT2D eigenvalue weighted by Gasteiger charge is -2.26. The third-order valence-electron chi connectivity index (χ3n) is 4.35. The van der Waals surface area contributed by atoms with Crippen molar-refractivity contribution in [2.24, 2.45) is 0 Å². The number of rotatable bonds is 6. The first-order valence-corrected chi connectivity index (χ1v) is 12.9. The van der Waals surface area contributed by atoms with Crippen LogP contribution in [0.4, 0.5) is 0 Å². The lowest BCUT2D eigenvalue weighted by molar-refractivity contribution is -0.132. The molecule has 0 aliphatic carbocycles. The predicted octanol–water partition coefficient (Wildman–Crippen LogP) is 1.88. The van der Waals surface area contributed by atoms with Crippen LogP contribution in [-0.4, -0.2) is 38.3 Å². The van der Waals surface area contributed by atoms with Crippen LogP contribution in [0.25, 0.3) is 0 Å². The normalized spacial score (nSPS) is 11.8. The Morgan fingerprint density at radius 2 is 1.00 bits per heavy atom. The molecular formula is C16H22O4Si2. The molecule has 118 valence electrons. The van der Waals surface area contributed by atoms with E-state index in [9.17, 15) is 9.59 Å². The summed E-state index contributed by atoms with van der Waals surface area (Å²) in [7, 11) is -4.59. The number of carbonyl (C=O) groups is 2. The average molecular weight is 335 g/mol. The Morgan fingerprint density at radius 3 is 1.18 bits per heavy atom. The maximum Gasteiger partial charge on any atom is 0.327 e. The first kappa shape index (κ1) is 18.1. The number of carboxylic acids is 2. The maximum absolute atomic E-state index is 11.2. The standard InChI is InChI=1S/C16H22O4Si2/c1-11(15(17)18)21(3,4)13-7-9-14(10-8-13)22(5,6)12(2)16(19)20/h7-10H,1-2H2,3-6H3,(H,17,18)(H,19,20). The van der Waals surface area contributed by atoms with Crippen LogP contribution in [0.15, 0.2) is 47.8 Å². The smallest absolute Gasteiger partial charge is 0.327 e. The van der Waals surface area contributed by atoms with Crippen LogP contribution < -0.4 is 10.4 Å². The van der Waals surface area contributed by atoms with Gasteiger partial charge >= 0.3 is 11.9 Å². The molecule has 0 radical (unpaired) electrons. The van der Waals surface area contributed by atoms with Gasteiger partial charge in [-0.2, -0.15) is 0 Å². The first-order chi connectivity index (χ1) is 9.92. The zero-order valence-electron chi connectivity index (χ0n) is 13.4. The monoisotopic (exact) mass is 334 g/mol. The molecular weight excluding hydrogens is 312 g/mol. The van der Waals surface area contributed by atoms with Crippen LogP contribution in [0.3, 0.4) is 0 Å². The van der Waals surface area contributed by atoms with Gasteiger partial charge in [0.1, 0.15) is 16.1 Å². The summed E-state index contributed by atoms with van der Waals surface area (Å²) in [5.41, 5.74) is 0. The van der Waals surface area contributed by atoms with Gasteiger partial charge in [-0.25, -0.2) is 9.59 Å². The summed E-state index contributed by atoms with van der Waals surface area (Å²) >= 11 is 0. The SMILES string of the molecule is C=C(C(=O)O)[Si](C)(C)c1ccc([Si](C)(C)C(=C)C(=O)O)cc1. The predicted molar refractivity (Wildman–Crippen MR) is 94.2 cm³/mol. The molecule has 0 saturated carbocycles. The number of aliphatic carboxylic acids is 2. The molecule has 0 amide bonds. The van der Waals surface area contributed by atoms with E-state index in [-0.39, 0.29) is 10.4 Å². The average Bonchev–Trinajstić information content (AvgIpc) is 2.45. The van der Waals surface area contributed by atoms with Crippen LogP contribution in [0.5, 0.6) is 0 Å². The van der Waals surface area contributed by atoms with E-state index in [1.807, 2.05) is 50.5 Å². The van der Waals surface area contributed by atoms with E-state index >= 15 is 0 Å². The van der Waals surface area contributed by atoms with Gasteiger partial charge in [-0.05, 0) is 0 Å². The maximum atomic E-state index is 11.2. The number of hydrogen-bond donors (Lipinski definition) is 2. The summed E-state index contributed by atoms with van der Waals surface area (Å²) in [5.74, 6) is -1.93.